The number of rotatable bonds is 3. The maximum Gasteiger partial charge on any atom is 0.123 e. The Morgan fingerprint density at radius 2 is 1.89 bits per heavy atom. The predicted molar refractivity (Wildman–Crippen MR) is 82.6 cm³/mol. The topological polar surface area (TPSA) is 38.9 Å². The van der Waals surface area contributed by atoms with Crippen LogP contribution in [0.5, 0.6) is 0 Å². The van der Waals surface area contributed by atoms with Gasteiger partial charge in [-0.15, -0.1) is 11.3 Å². The lowest BCUT2D eigenvalue weighted by Gasteiger charge is -2.02. The number of hydrogen-bond donors (Lipinski definition) is 1. The summed E-state index contributed by atoms with van der Waals surface area (Å²) in [4.78, 5) is 4.63. The van der Waals surface area contributed by atoms with Crippen molar-refractivity contribution in [1.82, 2.24) is 4.98 Å². The summed E-state index contributed by atoms with van der Waals surface area (Å²) >= 11 is 1.69. The van der Waals surface area contributed by atoms with E-state index in [1.54, 1.807) is 11.3 Å². The van der Waals surface area contributed by atoms with Crippen molar-refractivity contribution in [3.63, 3.8) is 0 Å². The first kappa shape index (κ1) is 12.3. The maximum absolute atomic E-state index is 5.56. The predicted octanol–water partition coefficient (Wildman–Crippen LogP) is 3.77. The van der Waals surface area contributed by atoms with Gasteiger partial charge in [-0.1, -0.05) is 35.9 Å². The minimum absolute atomic E-state index is 0.653. The standard InChI is InChI=1S/C16H16N2S/c1-11-2-3-13-9-14(5-4-12(13)8-11)16-18-15(6-7-17)10-19-16/h2-5,8-10H,6-7,17H2,1H3. The third-order valence-electron chi connectivity index (χ3n) is 3.19. The molecule has 3 heteroatoms. The summed E-state index contributed by atoms with van der Waals surface area (Å²) in [5.41, 5.74) is 9.13. The van der Waals surface area contributed by atoms with Crippen molar-refractivity contribution in [3.8, 4) is 10.6 Å². The van der Waals surface area contributed by atoms with Gasteiger partial charge >= 0.3 is 0 Å². The van der Waals surface area contributed by atoms with Crippen molar-refractivity contribution in [2.45, 2.75) is 13.3 Å². The Morgan fingerprint density at radius 1 is 1.11 bits per heavy atom. The third kappa shape index (κ3) is 2.53. The van der Waals surface area contributed by atoms with E-state index in [-0.39, 0.29) is 0 Å². The molecule has 0 aliphatic rings. The Bertz CT molecular complexity index is 716. The molecular weight excluding hydrogens is 252 g/mol. The smallest absolute Gasteiger partial charge is 0.123 e. The third-order valence-corrected chi connectivity index (χ3v) is 4.14. The first-order valence-corrected chi connectivity index (χ1v) is 7.29. The molecule has 1 aromatic heterocycles. The highest BCUT2D eigenvalue weighted by Gasteiger charge is 2.05. The van der Waals surface area contributed by atoms with Crippen LogP contribution in [-0.4, -0.2) is 11.5 Å². The van der Waals surface area contributed by atoms with E-state index in [0.29, 0.717) is 6.54 Å². The Morgan fingerprint density at radius 3 is 2.74 bits per heavy atom. The lowest BCUT2D eigenvalue weighted by Crippen LogP contribution is -2.02. The molecule has 1 heterocycles. The van der Waals surface area contributed by atoms with Gasteiger partial charge in [0.25, 0.3) is 0 Å². The van der Waals surface area contributed by atoms with Gasteiger partial charge in [0.2, 0.25) is 0 Å². The van der Waals surface area contributed by atoms with E-state index in [0.717, 1.165) is 17.1 Å². The Hall–Kier alpha value is -1.71. The van der Waals surface area contributed by atoms with E-state index in [1.165, 1.54) is 21.9 Å². The zero-order valence-electron chi connectivity index (χ0n) is 10.9. The lowest BCUT2D eigenvalue weighted by atomic mass is 10.1. The molecule has 0 unspecified atom stereocenters. The van der Waals surface area contributed by atoms with Gasteiger partial charge in [0, 0.05) is 17.4 Å². The molecule has 0 atom stereocenters. The number of hydrogen-bond acceptors (Lipinski definition) is 3. The molecule has 3 aromatic rings. The highest BCUT2D eigenvalue weighted by Crippen LogP contribution is 2.27. The van der Waals surface area contributed by atoms with Crippen molar-refractivity contribution in [2.75, 3.05) is 6.54 Å². The molecule has 0 saturated carbocycles. The molecule has 0 spiro atoms. The van der Waals surface area contributed by atoms with E-state index >= 15 is 0 Å². The van der Waals surface area contributed by atoms with Crippen molar-refractivity contribution in [1.29, 1.82) is 0 Å². The number of thiazole rings is 1. The molecule has 2 aromatic carbocycles. The number of aromatic nitrogens is 1. The Balaban J connectivity index is 2.02. The first-order valence-electron chi connectivity index (χ1n) is 6.41. The molecule has 0 aliphatic heterocycles. The fraction of sp³-hybridized carbons (Fsp3) is 0.188. The van der Waals surface area contributed by atoms with E-state index in [4.69, 9.17) is 5.73 Å². The fourth-order valence-electron chi connectivity index (χ4n) is 2.20. The normalized spacial score (nSPS) is 11.1. The summed E-state index contributed by atoms with van der Waals surface area (Å²) in [6.45, 7) is 2.77. The number of nitrogens with two attached hydrogens (primary N) is 1. The fourth-order valence-corrected chi connectivity index (χ4v) is 3.05. The molecule has 2 nitrogen and oxygen atoms in total. The van der Waals surface area contributed by atoms with Gasteiger partial charge in [-0.3, -0.25) is 0 Å². The van der Waals surface area contributed by atoms with Crippen LogP contribution < -0.4 is 5.73 Å². The van der Waals surface area contributed by atoms with E-state index in [9.17, 15) is 0 Å². The minimum atomic E-state index is 0.653. The average Bonchev–Trinajstić information content (AvgIpc) is 2.87. The first-order chi connectivity index (χ1) is 9.26. The summed E-state index contributed by atoms with van der Waals surface area (Å²) in [7, 11) is 0. The van der Waals surface area contributed by atoms with Crippen LogP contribution in [-0.2, 0) is 6.42 Å². The lowest BCUT2D eigenvalue weighted by molar-refractivity contribution is 0.936. The summed E-state index contributed by atoms with van der Waals surface area (Å²) in [6, 6.07) is 13.0. The molecule has 0 radical (unpaired) electrons. The van der Waals surface area contributed by atoms with E-state index in [2.05, 4.69) is 53.7 Å². The van der Waals surface area contributed by atoms with Gasteiger partial charge in [-0.25, -0.2) is 4.98 Å². The monoisotopic (exact) mass is 268 g/mol. The zero-order valence-corrected chi connectivity index (χ0v) is 11.7. The van der Waals surface area contributed by atoms with E-state index < -0.39 is 0 Å². The molecular formula is C16H16N2S. The van der Waals surface area contributed by atoms with Gasteiger partial charge in [-0.05, 0) is 30.3 Å². The molecule has 3 rings (SSSR count). The van der Waals surface area contributed by atoms with E-state index in [1.807, 2.05) is 0 Å². The number of fused-ring (bicyclic) bond motifs is 1. The molecule has 0 amide bonds. The van der Waals surface area contributed by atoms with Crippen LogP contribution in [0.3, 0.4) is 0 Å². The second kappa shape index (κ2) is 5.11. The quantitative estimate of drug-likeness (QED) is 0.785. The van der Waals surface area contributed by atoms with Gasteiger partial charge in [0.05, 0.1) is 5.69 Å². The summed E-state index contributed by atoms with van der Waals surface area (Å²) in [5, 5.41) is 5.72. The Kier molecular flexibility index (Phi) is 3.32. The molecule has 0 fully saturated rings. The number of aryl methyl sites for hydroxylation is 1. The summed E-state index contributed by atoms with van der Waals surface area (Å²) < 4.78 is 0. The molecule has 19 heavy (non-hydrogen) atoms. The number of benzene rings is 2. The van der Waals surface area contributed by atoms with Crippen molar-refractivity contribution in [3.05, 3.63) is 53.0 Å². The zero-order chi connectivity index (χ0) is 13.2. The molecule has 96 valence electrons. The molecule has 0 aliphatic carbocycles. The van der Waals surface area contributed by atoms with Crippen LogP contribution in [0.15, 0.2) is 41.8 Å². The largest absolute Gasteiger partial charge is 0.330 e. The van der Waals surface area contributed by atoms with Crippen LogP contribution in [0.4, 0.5) is 0 Å². The number of nitrogens with zero attached hydrogens (tertiary/aromatic N) is 1. The van der Waals surface area contributed by atoms with Crippen LogP contribution in [0, 0.1) is 6.92 Å². The van der Waals surface area contributed by atoms with Gasteiger partial charge < -0.3 is 5.73 Å². The van der Waals surface area contributed by atoms with Gasteiger partial charge in [0.15, 0.2) is 0 Å². The molecule has 2 N–H and O–H groups in total. The second-order valence-corrected chi connectivity index (χ2v) is 5.61. The highest BCUT2D eigenvalue weighted by atomic mass is 32.1. The summed E-state index contributed by atoms with van der Waals surface area (Å²) in [5.74, 6) is 0. The molecule has 0 bridgehead atoms. The maximum atomic E-state index is 5.56. The average molecular weight is 268 g/mol. The summed E-state index contributed by atoms with van der Waals surface area (Å²) in [6.07, 6.45) is 0.850. The highest BCUT2D eigenvalue weighted by molar-refractivity contribution is 7.13. The van der Waals surface area contributed by atoms with Gasteiger partial charge in [-0.2, -0.15) is 0 Å². The van der Waals surface area contributed by atoms with Gasteiger partial charge in [0.1, 0.15) is 5.01 Å². The Labute approximate surface area is 116 Å². The van der Waals surface area contributed by atoms with Crippen molar-refractivity contribution < 1.29 is 0 Å². The van der Waals surface area contributed by atoms with Crippen LogP contribution in [0.25, 0.3) is 21.3 Å². The van der Waals surface area contributed by atoms with Crippen LogP contribution in [0.1, 0.15) is 11.3 Å². The molecule has 0 saturated heterocycles. The minimum Gasteiger partial charge on any atom is -0.330 e. The van der Waals surface area contributed by atoms with Crippen molar-refractivity contribution in [2.24, 2.45) is 5.73 Å². The van der Waals surface area contributed by atoms with Crippen LogP contribution >= 0.6 is 11.3 Å². The second-order valence-electron chi connectivity index (χ2n) is 4.75. The van der Waals surface area contributed by atoms with Crippen LogP contribution in [0.2, 0.25) is 0 Å². The SMILES string of the molecule is Cc1ccc2cc(-c3nc(CCN)cs3)ccc2c1. The van der Waals surface area contributed by atoms with Crippen molar-refractivity contribution >= 4 is 22.1 Å².